The second-order valence-electron chi connectivity index (χ2n) is 6.51. The lowest BCUT2D eigenvalue weighted by Gasteiger charge is -2.25. The lowest BCUT2D eigenvalue weighted by atomic mass is 10.0. The number of nitrogens with zero attached hydrogens (tertiary/aromatic N) is 3. The molecule has 3 aromatic rings. The lowest BCUT2D eigenvalue weighted by molar-refractivity contribution is -0.134. The van der Waals surface area contributed by atoms with Crippen molar-refractivity contribution in [2.75, 3.05) is 18.9 Å². The Labute approximate surface area is 157 Å². The van der Waals surface area contributed by atoms with E-state index in [-0.39, 0.29) is 18.6 Å². The van der Waals surface area contributed by atoms with Crippen LogP contribution in [0, 0.1) is 0 Å². The van der Waals surface area contributed by atoms with Gasteiger partial charge in [-0.15, -0.1) is 0 Å². The van der Waals surface area contributed by atoms with Gasteiger partial charge >= 0.3 is 0 Å². The number of hydrogen-bond acceptors (Lipinski definition) is 5. The zero-order valence-corrected chi connectivity index (χ0v) is 14.8. The summed E-state index contributed by atoms with van der Waals surface area (Å²) in [5.74, 6) is 1.11. The van der Waals surface area contributed by atoms with Crippen LogP contribution in [0.1, 0.15) is 24.6 Å². The summed E-state index contributed by atoms with van der Waals surface area (Å²) < 4.78 is 5.63. The molecule has 1 fully saturated rings. The number of aromatic amines is 1. The van der Waals surface area contributed by atoms with Crippen LogP contribution < -0.4 is 10.5 Å². The molecule has 7 nitrogen and oxygen atoms in total. The molecule has 1 unspecified atom stereocenters. The van der Waals surface area contributed by atoms with Gasteiger partial charge in [0.1, 0.15) is 11.6 Å². The number of anilines is 1. The number of amides is 1. The quantitative estimate of drug-likeness (QED) is 0.726. The van der Waals surface area contributed by atoms with E-state index < -0.39 is 0 Å². The molecule has 3 heterocycles. The first-order valence-electron chi connectivity index (χ1n) is 8.95. The standard InChI is InChI=1S/C20H21N5O2/c21-18-11-14(8-9-22-18)16-12-23-24-20(16)17-7-4-10-25(17)19(26)13-27-15-5-2-1-3-6-15/h1-3,5-6,8-9,11-12,17H,4,7,10,13H2,(H2,21,22)(H,23,24). The fourth-order valence-electron chi connectivity index (χ4n) is 3.51. The van der Waals surface area contributed by atoms with Crippen molar-refractivity contribution >= 4 is 11.7 Å². The molecule has 0 spiro atoms. The summed E-state index contributed by atoms with van der Waals surface area (Å²) >= 11 is 0. The van der Waals surface area contributed by atoms with Crippen molar-refractivity contribution < 1.29 is 9.53 Å². The maximum absolute atomic E-state index is 12.8. The van der Waals surface area contributed by atoms with Gasteiger partial charge in [0.25, 0.3) is 5.91 Å². The third-order valence-corrected chi connectivity index (χ3v) is 4.77. The molecule has 27 heavy (non-hydrogen) atoms. The molecule has 138 valence electrons. The predicted octanol–water partition coefficient (Wildman–Crippen LogP) is 2.80. The third-order valence-electron chi connectivity index (χ3n) is 4.77. The highest BCUT2D eigenvalue weighted by atomic mass is 16.5. The maximum atomic E-state index is 12.8. The molecule has 0 bridgehead atoms. The zero-order chi connectivity index (χ0) is 18.6. The highest BCUT2D eigenvalue weighted by Crippen LogP contribution is 2.36. The molecule has 1 atom stereocenters. The van der Waals surface area contributed by atoms with Crippen molar-refractivity contribution in [3.63, 3.8) is 0 Å². The monoisotopic (exact) mass is 363 g/mol. The number of ether oxygens (including phenoxy) is 1. The van der Waals surface area contributed by atoms with Crippen LogP contribution in [0.15, 0.2) is 54.9 Å². The van der Waals surface area contributed by atoms with Crippen molar-refractivity contribution in [1.29, 1.82) is 0 Å². The minimum Gasteiger partial charge on any atom is -0.484 e. The molecule has 2 aromatic heterocycles. The minimum atomic E-state index is -0.0521. The van der Waals surface area contributed by atoms with Gasteiger partial charge in [-0.3, -0.25) is 9.89 Å². The summed E-state index contributed by atoms with van der Waals surface area (Å²) in [7, 11) is 0. The van der Waals surface area contributed by atoms with E-state index in [4.69, 9.17) is 10.5 Å². The summed E-state index contributed by atoms with van der Waals surface area (Å²) in [5.41, 5.74) is 8.62. The highest BCUT2D eigenvalue weighted by Gasteiger charge is 2.33. The second kappa shape index (κ2) is 7.49. The zero-order valence-electron chi connectivity index (χ0n) is 14.8. The summed E-state index contributed by atoms with van der Waals surface area (Å²) in [6.07, 6.45) is 5.27. The smallest absolute Gasteiger partial charge is 0.261 e. The van der Waals surface area contributed by atoms with Gasteiger partial charge in [0.2, 0.25) is 0 Å². The van der Waals surface area contributed by atoms with Crippen molar-refractivity contribution in [3.8, 4) is 16.9 Å². The Morgan fingerprint density at radius 2 is 2.15 bits per heavy atom. The van der Waals surface area contributed by atoms with E-state index in [1.165, 1.54) is 0 Å². The van der Waals surface area contributed by atoms with Gasteiger partial charge in [-0.2, -0.15) is 5.10 Å². The number of likely N-dealkylation sites (tertiary alicyclic amines) is 1. The van der Waals surface area contributed by atoms with E-state index in [1.54, 1.807) is 12.4 Å². The Morgan fingerprint density at radius 3 is 2.96 bits per heavy atom. The molecular formula is C20H21N5O2. The Morgan fingerprint density at radius 1 is 1.30 bits per heavy atom. The van der Waals surface area contributed by atoms with E-state index >= 15 is 0 Å². The van der Waals surface area contributed by atoms with Gasteiger partial charge in [-0.05, 0) is 42.7 Å². The van der Waals surface area contributed by atoms with Crippen molar-refractivity contribution in [2.45, 2.75) is 18.9 Å². The lowest BCUT2D eigenvalue weighted by Crippen LogP contribution is -2.34. The molecule has 7 heteroatoms. The Hall–Kier alpha value is -3.35. The van der Waals surface area contributed by atoms with Crippen molar-refractivity contribution in [2.24, 2.45) is 0 Å². The second-order valence-corrected chi connectivity index (χ2v) is 6.51. The van der Waals surface area contributed by atoms with Gasteiger partial charge in [0, 0.05) is 18.3 Å². The molecule has 1 aliphatic rings. The third kappa shape index (κ3) is 3.62. The van der Waals surface area contributed by atoms with Crippen LogP contribution in [0.25, 0.3) is 11.1 Å². The molecule has 4 rings (SSSR count). The molecular weight excluding hydrogens is 342 g/mol. The number of nitrogens with two attached hydrogens (primary N) is 1. The number of rotatable bonds is 5. The van der Waals surface area contributed by atoms with Crippen LogP contribution >= 0.6 is 0 Å². The number of H-pyrrole nitrogens is 1. The first kappa shape index (κ1) is 17.1. The molecule has 1 aromatic carbocycles. The number of aromatic nitrogens is 3. The van der Waals surface area contributed by atoms with E-state index in [9.17, 15) is 4.79 Å². The Balaban J connectivity index is 1.52. The number of nitrogens with one attached hydrogen (secondary N) is 1. The van der Waals surface area contributed by atoms with Crippen LogP contribution in [0.3, 0.4) is 0 Å². The topological polar surface area (TPSA) is 97.1 Å². The van der Waals surface area contributed by atoms with E-state index in [0.717, 1.165) is 29.7 Å². The first-order valence-corrected chi connectivity index (χ1v) is 8.95. The van der Waals surface area contributed by atoms with Crippen LogP contribution in [0.4, 0.5) is 5.82 Å². The summed E-state index contributed by atoms with van der Waals surface area (Å²) in [6.45, 7) is 0.727. The Bertz CT molecular complexity index is 925. The van der Waals surface area contributed by atoms with E-state index in [1.807, 2.05) is 47.4 Å². The fraction of sp³-hybridized carbons (Fsp3) is 0.250. The number of carbonyl (C=O) groups excluding carboxylic acids is 1. The average molecular weight is 363 g/mol. The molecule has 0 aliphatic carbocycles. The van der Waals surface area contributed by atoms with Crippen LogP contribution in [0.2, 0.25) is 0 Å². The number of hydrogen-bond donors (Lipinski definition) is 2. The van der Waals surface area contributed by atoms with Gasteiger partial charge in [-0.25, -0.2) is 4.98 Å². The molecule has 0 radical (unpaired) electrons. The predicted molar refractivity (Wildman–Crippen MR) is 102 cm³/mol. The van der Waals surface area contributed by atoms with Gasteiger partial charge in [0.05, 0.1) is 17.9 Å². The molecule has 0 saturated carbocycles. The van der Waals surface area contributed by atoms with Crippen LogP contribution in [0.5, 0.6) is 5.75 Å². The van der Waals surface area contributed by atoms with Crippen molar-refractivity contribution in [3.05, 3.63) is 60.6 Å². The van der Waals surface area contributed by atoms with Crippen LogP contribution in [-0.4, -0.2) is 39.1 Å². The largest absolute Gasteiger partial charge is 0.484 e. The molecule has 3 N–H and O–H groups in total. The Kier molecular flexibility index (Phi) is 4.74. The first-order chi connectivity index (χ1) is 13.2. The number of benzene rings is 1. The summed E-state index contributed by atoms with van der Waals surface area (Å²) in [5, 5.41) is 7.28. The highest BCUT2D eigenvalue weighted by molar-refractivity contribution is 5.79. The summed E-state index contributed by atoms with van der Waals surface area (Å²) in [6, 6.07) is 13.0. The fourth-order valence-corrected chi connectivity index (χ4v) is 3.51. The molecule has 1 aliphatic heterocycles. The normalized spacial score (nSPS) is 16.4. The van der Waals surface area contributed by atoms with E-state index in [2.05, 4.69) is 15.2 Å². The van der Waals surface area contributed by atoms with Crippen LogP contribution in [-0.2, 0) is 4.79 Å². The van der Waals surface area contributed by atoms with Gasteiger partial charge in [-0.1, -0.05) is 18.2 Å². The number of carbonyl (C=O) groups is 1. The number of pyridine rings is 1. The summed E-state index contributed by atoms with van der Waals surface area (Å²) in [4.78, 5) is 18.7. The SMILES string of the molecule is Nc1cc(-c2cn[nH]c2C2CCCN2C(=O)COc2ccccc2)ccn1. The van der Waals surface area contributed by atoms with Crippen molar-refractivity contribution in [1.82, 2.24) is 20.1 Å². The number of para-hydroxylation sites is 1. The maximum Gasteiger partial charge on any atom is 0.261 e. The molecule has 1 saturated heterocycles. The minimum absolute atomic E-state index is 0.0200. The average Bonchev–Trinajstić information content (AvgIpc) is 3.36. The van der Waals surface area contributed by atoms with Gasteiger partial charge < -0.3 is 15.4 Å². The van der Waals surface area contributed by atoms with E-state index in [0.29, 0.717) is 18.1 Å². The molecule has 1 amide bonds. The van der Waals surface area contributed by atoms with Gasteiger partial charge in [0.15, 0.2) is 6.61 Å². The number of nitrogen functional groups attached to an aromatic ring is 1.